The number of carbonyl (C=O) groups excluding carboxylic acids is 1. The van der Waals surface area contributed by atoms with E-state index in [0.717, 1.165) is 18.6 Å². The van der Waals surface area contributed by atoms with Gasteiger partial charge in [0, 0.05) is 13.1 Å². The number of ether oxygens (including phenoxy) is 1. The van der Waals surface area contributed by atoms with Gasteiger partial charge in [-0.15, -0.1) is 0 Å². The van der Waals surface area contributed by atoms with Crippen LogP contribution in [0.4, 0.5) is 4.79 Å². The molecular formula is C16H24N2O2. The number of rotatable bonds is 5. The van der Waals surface area contributed by atoms with Gasteiger partial charge in [0.25, 0.3) is 0 Å². The number of hydrogen-bond donors (Lipinski definition) is 2. The van der Waals surface area contributed by atoms with Gasteiger partial charge in [-0.25, -0.2) is 4.79 Å². The molecule has 2 N–H and O–H groups in total. The minimum atomic E-state index is -0.0748. The van der Waals surface area contributed by atoms with Crippen LogP contribution in [0.3, 0.4) is 0 Å². The van der Waals surface area contributed by atoms with Crippen molar-refractivity contribution < 1.29 is 9.53 Å². The first-order chi connectivity index (χ1) is 9.74. The van der Waals surface area contributed by atoms with Crippen LogP contribution in [0.2, 0.25) is 0 Å². The molecule has 20 heavy (non-hydrogen) atoms. The van der Waals surface area contributed by atoms with Crippen LogP contribution in [0.15, 0.2) is 18.2 Å². The fourth-order valence-corrected chi connectivity index (χ4v) is 2.88. The first-order valence-electron chi connectivity index (χ1n) is 7.43. The van der Waals surface area contributed by atoms with E-state index in [9.17, 15) is 4.79 Å². The van der Waals surface area contributed by atoms with E-state index >= 15 is 0 Å². The van der Waals surface area contributed by atoms with E-state index < -0.39 is 0 Å². The summed E-state index contributed by atoms with van der Waals surface area (Å²) in [5.41, 5.74) is 2.83. The normalized spacial score (nSPS) is 17.2. The molecular weight excluding hydrogens is 252 g/mol. The number of carbonyl (C=O) groups is 1. The molecule has 2 rings (SSSR count). The van der Waals surface area contributed by atoms with E-state index in [2.05, 4.69) is 22.8 Å². The maximum Gasteiger partial charge on any atom is 0.314 e. The third kappa shape index (κ3) is 3.65. The van der Waals surface area contributed by atoms with Gasteiger partial charge in [-0.05, 0) is 61.8 Å². The number of aryl methyl sites for hydroxylation is 1. The minimum Gasteiger partial charge on any atom is -0.497 e. The Labute approximate surface area is 120 Å². The molecule has 4 heteroatoms. The predicted molar refractivity (Wildman–Crippen MR) is 80.4 cm³/mol. The number of hydrogen-bond acceptors (Lipinski definition) is 2. The lowest BCUT2D eigenvalue weighted by molar-refractivity contribution is 0.241. The van der Waals surface area contributed by atoms with Crippen molar-refractivity contribution in [1.82, 2.24) is 10.6 Å². The van der Waals surface area contributed by atoms with Gasteiger partial charge >= 0.3 is 6.03 Å². The molecule has 1 aliphatic rings. The van der Waals surface area contributed by atoms with Crippen LogP contribution in [0.5, 0.6) is 5.75 Å². The van der Waals surface area contributed by atoms with Crippen LogP contribution < -0.4 is 15.4 Å². The highest BCUT2D eigenvalue weighted by atomic mass is 16.5. The van der Waals surface area contributed by atoms with Crippen molar-refractivity contribution >= 4 is 6.03 Å². The summed E-state index contributed by atoms with van der Waals surface area (Å²) < 4.78 is 5.32. The summed E-state index contributed by atoms with van der Waals surface area (Å²) in [6, 6.07) is 6.30. The fourth-order valence-electron chi connectivity index (χ4n) is 2.88. The summed E-state index contributed by atoms with van der Waals surface area (Å²) in [6.45, 7) is 3.30. The van der Waals surface area contributed by atoms with Crippen LogP contribution in [0, 0.1) is 0 Å². The van der Waals surface area contributed by atoms with Crippen molar-refractivity contribution in [1.29, 1.82) is 0 Å². The molecule has 0 spiro atoms. The Bertz CT molecular complexity index is 460. The molecule has 1 unspecified atom stereocenters. The molecule has 2 amide bonds. The van der Waals surface area contributed by atoms with Crippen molar-refractivity contribution in [2.24, 2.45) is 0 Å². The van der Waals surface area contributed by atoms with Crippen molar-refractivity contribution in [3.05, 3.63) is 29.3 Å². The highest BCUT2D eigenvalue weighted by Crippen LogP contribution is 2.35. The third-order valence-corrected chi connectivity index (χ3v) is 3.91. The van der Waals surface area contributed by atoms with Gasteiger partial charge in [0.05, 0.1) is 7.11 Å². The first kappa shape index (κ1) is 14.7. The van der Waals surface area contributed by atoms with Gasteiger partial charge < -0.3 is 15.4 Å². The highest BCUT2D eigenvalue weighted by Gasteiger charge is 2.20. The van der Waals surface area contributed by atoms with Gasteiger partial charge in [0.2, 0.25) is 0 Å². The number of urea groups is 1. The number of methoxy groups -OCH3 is 1. The quantitative estimate of drug-likeness (QED) is 0.869. The van der Waals surface area contributed by atoms with Crippen molar-refractivity contribution in [3.8, 4) is 5.75 Å². The zero-order valence-corrected chi connectivity index (χ0v) is 12.4. The first-order valence-corrected chi connectivity index (χ1v) is 7.43. The molecule has 1 aromatic carbocycles. The molecule has 4 nitrogen and oxygen atoms in total. The molecule has 0 radical (unpaired) electrons. The topological polar surface area (TPSA) is 50.4 Å². The number of nitrogens with one attached hydrogen (secondary N) is 2. The number of benzene rings is 1. The Morgan fingerprint density at radius 3 is 3.00 bits per heavy atom. The van der Waals surface area contributed by atoms with E-state index in [0.29, 0.717) is 19.0 Å². The van der Waals surface area contributed by atoms with Crippen molar-refractivity contribution in [2.45, 2.75) is 38.5 Å². The van der Waals surface area contributed by atoms with Gasteiger partial charge in [-0.3, -0.25) is 0 Å². The molecule has 0 saturated heterocycles. The largest absolute Gasteiger partial charge is 0.497 e. The Morgan fingerprint density at radius 2 is 2.25 bits per heavy atom. The van der Waals surface area contributed by atoms with E-state index in [1.54, 1.807) is 7.11 Å². The summed E-state index contributed by atoms with van der Waals surface area (Å²) in [6.07, 6.45) is 4.55. The van der Waals surface area contributed by atoms with Gasteiger partial charge in [0.15, 0.2) is 0 Å². The van der Waals surface area contributed by atoms with Gasteiger partial charge in [-0.2, -0.15) is 0 Å². The summed E-state index contributed by atoms with van der Waals surface area (Å²) in [5, 5.41) is 5.66. The summed E-state index contributed by atoms with van der Waals surface area (Å²) in [4.78, 5) is 11.4. The molecule has 110 valence electrons. The van der Waals surface area contributed by atoms with Crippen LogP contribution in [0.25, 0.3) is 0 Å². The zero-order chi connectivity index (χ0) is 14.4. The zero-order valence-electron chi connectivity index (χ0n) is 12.4. The summed E-state index contributed by atoms with van der Waals surface area (Å²) in [7, 11) is 1.70. The second kappa shape index (κ2) is 7.17. The molecule has 0 fully saturated rings. The molecule has 0 aromatic heterocycles. The van der Waals surface area contributed by atoms with Crippen molar-refractivity contribution in [3.63, 3.8) is 0 Å². The third-order valence-electron chi connectivity index (χ3n) is 3.91. The summed E-state index contributed by atoms with van der Waals surface area (Å²) in [5.74, 6) is 1.45. The average molecular weight is 276 g/mol. The van der Waals surface area contributed by atoms with Crippen LogP contribution in [0.1, 0.15) is 43.2 Å². The SMILES string of the molecule is CCNC(=O)NCCC1CCCc2ccc(OC)cc21. The van der Waals surface area contributed by atoms with E-state index in [-0.39, 0.29) is 6.03 Å². The molecule has 0 aliphatic heterocycles. The fraction of sp³-hybridized carbons (Fsp3) is 0.562. The lowest BCUT2D eigenvalue weighted by Crippen LogP contribution is -2.36. The molecule has 1 aromatic rings. The maximum absolute atomic E-state index is 11.4. The number of amides is 2. The van der Waals surface area contributed by atoms with Gasteiger partial charge in [0.1, 0.15) is 5.75 Å². The molecule has 1 aliphatic carbocycles. The molecule has 0 heterocycles. The minimum absolute atomic E-state index is 0.0748. The monoisotopic (exact) mass is 276 g/mol. The Kier molecular flexibility index (Phi) is 5.27. The predicted octanol–water partition coefficient (Wildman–Crippen LogP) is 2.82. The second-order valence-corrected chi connectivity index (χ2v) is 5.23. The van der Waals surface area contributed by atoms with Crippen molar-refractivity contribution in [2.75, 3.05) is 20.2 Å². The Balaban J connectivity index is 1.95. The highest BCUT2D eigenvalue weighted by molar-refractivity contribution is 5.73. The Morgan fingerprint density at radius 1 is 1.40 bits per heavy atom. The average Bonchev–Trinajstić information content (AvgIpc) is 2.47. The second-order valence-electron chi connectivity index (χ2n) is 5.23. The van der Waals surface area contributed by atoms with E-state index in [1.165, 1.54) is 24.0 Å². The van der Waals surface area contributed by atoms with Crippen LogP contribution in [-0.2, 0) is 6.42 Å². The lowest BCUT2D eigenvalue weighted by atomic mass is 9.81. The molecule has 0 bridgehead atoms. The van der Waals surface area contributed by atoms with E-state index in [1.807, 2.05) is 13.0 Å². The molecule has 0 saturated carbocycles. The standard InChI is InChI=1S/C16H24N2O2/c1-3-17-16(19)18-10-9-13-6-4-5-12-7-8-14(20-2)11-15(12)13/h7-8,11,13H,3-6,9-10H2,1-2H3,(H2,17,18,19). The molecule has 1 atom stereocenters. The smallest absolute Gasteiger partial charge is 0.314 e. The number of fused-ring (bicyclic) bond motifs is 1. The van der Waals surface area contributed by atoms with Gasteiger partial charge in [-0.1, -0.05) is 6.07 Å². The summed E-state index contributed by atoms with van der Waals surface area (Å²) >= 11 is 0. The Hall–Kier alpha value is -1.71. The van der Waals surface area contributed by atoms with E-state index in [4.69, 9.17) is 4.74 Å². The lowest BCUT2D eigenvalue weighted by Gasteiger charge is -2.26. The maximum atomic E-state index is 11.4. The van der Waals surface area contributed by atoms with Crippen LogP contribution in [-0.4, -0.2) is 26.2 Å². The van der Waals surface area contributed by atoms with Crippen LogP contribution >= 0.6 is 0 Å².